The summed E-state index contributed by atoms with van der Waals surface area (Å²) in [4.78, 5) is 0. The zero-order valence-electron chi connectivity index (χ0n) is 6.62. The van der Waals surface area contributed by atoms with E-state index in [1.807, 2.05) is 30.3 Å². The number of hydrogen-bond donors (Lipinski definition) is 2. The molecule has 0 saturated heterocycles. The SMILES string of the molecule is CC#N.N.Nc1ccccc1. The highest BCUT2D eigenvalue weighted by Gasteiger charge is 1.72. The fourth-order valence-electron chi connectivity index (χ4n) is 0.453. The van der Waals surface area contributed by atoms with E-state index in [1.54, 1.807) is 6.07 Å². The molecule has 0 atom stereocenters. The first-order valence-electron chi connectivity index (χ1n) is 2.92. The Bertz CT molecular complexity index is 200. The Morgan fingerprint density at radius 1 is 1.27 bits per heavy atom. The molecule has 0 aliphatic rings. The molecule has 0 heterocycles. The average Bonchev–Trinajstić information content (AvgIpc) is 1.91. The van der Waals surface area contributed by atoms with Crippen molar-refractivity contribution >= 4 is 5.69 Å². The molecule has 60 valence electrons. The number of hydrogen-bond acceptors (Lipinski definition) is 3. The first-order valence-corrected chi connectivity index (χ1v) is 2.92. The van der Waals surface area contributed by atoms with Crippen LogP contribution in [0.2, 0.25) is 0 Å². The summed E-state index contributed by atoms with van der Waals surface area (Å²) in [5.41, 5.74) is 6.18. The number of anilines is 1. The van der Waals surface area contributed by atoms with Crippen LogP contribution in [0.5, 0.6) is 0 Å². The Labute approximate surface area is 67.0 Å². The molecule has 0 unspecified atom stereocenters. The van der Waals surface area contributed by atoms with Gasteiger partial charge in [0.15, 0.2) is 0 Å². The molecule has 0 aromatic heterocycles. The molecule has 1 rings (SSSR count). The summed E-state index contributed by atoms with van der Waals surface area (Å²) in [6, 6.07) is 11.2. The van der Waals surface area contributed by atoms with Crippen LogP contribution < -0.4 is 11.9 Å². The number of para-hydroxylation sites is 1. The van der Waals surface area contributed by atoms with Crippen LogP contribution in [-0.4, -0.2) is 0 Å². The van der Waals surface area contributed by atoms with Crippen LogP contribution in [0.1, 0.15) is 6.92 Å². The van der Waals surface area contributed by atoms with Gasteiger partial charge in [-0.15, -0.1) is 0 Å². The second-order valence-corrected chi connectivity index (χ2v) is 1.63. The summed E-state index contributed by atoms with van der Waals surface area (Å²) in [5, 5.41) is 7.32. The molecule has 3 heteroatoms. The average molecular weight is 151 g/mol. The van der Waals surface area contributed by atoms with Gasteiger partial charge in [-0.05, 0) is 12.1 Å². The Hall–Kier alpha value is -1.53. The van der Waals surface area contributed by atoms with Crippen molar-refractivity contribution in [3.05, 3.63) is 30.3 Å². The maximum absolute atomic E-state index is 7.32. The van der Waals surface area contributed by atoms with E-state index in [9.17, 15) is 0 Å². The minimum Gasteiger partial charge on any atom is -0.399 e. The fourth-order valence-corrected chi connectivity index (χ4v) is 0.453. The molecule has 1 aromatic rings. The van der Waals surface area contributed by atoms with Gasteiger partial charge in [0.05, 0.1) is 6.07 Å². The van der Waals surface area contributed by atoms with E-state index in [-0.39, 0.29) is 6.15 Å². The molecule has 1 aromatic carbocycles. The second kappa shape index (κ2) is 8.47. The summed E-state index contributed by atoms with van der Waals surface area (Å²) in [5.74, 6) is 0. The molecule has 0 aliphatic carbocycles. The molecule has 3 nitrogen and oxygen atoms in total. The van der Waals surface area contributed by atoms with E-state index in [1.165, 1.54) is 6.92 Å². The standard InChI is InChI=1S/C6H7N.C2H3N.H3N/c7-6-4-2-1-3-5-6;1-2-3;/h1-5H,7H2;1H3;1H3. The normalized spacial score (nSPS) is 6.18. The van der Waals surface area contributed by atoms with Crippen molar-refractivity contribution in [3.63, 3.8) is 0 Å². The molecule has 0 fully saturated rings. The van der Waals surface area contributed by atoms with Crippen molar-refractivity contribution in [2.75, 3.05) is 5.73 Å². The highest BCUT2D eigenvalue weighted by molar-refractivity contribution is 5.35. The quantitative estimate of drug-likeness (QED) is 0.556. The Morgan fingerprint density at radius 3 is 1.82 bits per heavy atom. The number of nitriles is 1. The predicted molar refractivity (Wildman–Crippen MR) is 47.2 cm³/mol. The molecule has 5 N–H and O–H groups in total. The second-order valence-electron chi connectivity index (χ2n) is 1.63. The maximum Gasteiger partial charge on any atom is 0.0587 e. The van der Waals surface area contributed by atoms with Gasteiger partial charge in [0, 0.05) is 12.6 Å². The Balaban J connectivity index is 0. The van der Waals surface area contributed by atoms with Gasteiger partial charge in [-0.25, -0.2) is 0 Å². The van der Waals surface area contributed by atoms with Gasteiger partial charge in [-0.3, -0.25) is 0 Å². The lowest BCUT2D eigenvalue weighted by Crippen LogP contribution is -1.79. The summed E-state index contributed by atoms with van der Waals surface area (Å²) >= 11 is 0. The molecule has 11 heavy (non-hydrogen) atoms. The van der Waals surface area contributed by atoms with Crippen molar-refractivity contribution in [1.82, 2.24) is 6.15 Å². The van der Waals surface area contributed by atoms with E-state index in [4.69, 9.17) is 11.0 Å². The van der Waals surface area contributed by atoms with Crippen LogP contribution in [0.3, 0.4) is 0 Å². The van der Waals surface area contributed by atoms with Gasteiger partial charge in [-0.2, -0.15) is 5.26 Å². The van der Waals surface area contributed by atoms with Gasteiger partial charge in [0.2, 0.25) is 0 Å². The highest BCUT2D eigenvalue weighted by atomic mass is 14.5. The van der Waals surface area contributed by atoms with Crippen LogP contribution in [-0.2, 0) is 0 Å². The maximum atomic E-state index is 7.32. The van der Waals surface area contributed by atoms with Crippen LogP contribution in [0.4, 0.5) is 5.69 Å². The highest BCUT2D eigenvalue weighted by Crippen LogP contribution is 1.95. The number of rotatable bonds is 0. The predicted octanol–water partition coefficient (Wildman–Crippen LogP) is 1.96. The van der Waals surface area contributed by atoms with Crippen molar-refractivity contribution in [2.45, 2.75) is 6.92 Å². The van der Waals surface area contributed by atoms with E-state index in [0.29, 0.717) is 0 Å². The zero-order valence-corrected chi connectivity index (χ0v) is 6.62. The third-order valence-corrected chi connectivity index (χ3v) is 0.800. The molecular weight excluding hydrogens is 138 g/mol. The van der Waals surface area contributed by atoms with Crippen LogP contribution in [0.15, 0.2) is 30.3 Å². The molecular formula is C8H13N3. The third-order valence-electron chi connectivity index (χ3n) is 0.800. The minimum atomic E-state index is 0. The van der Waals surface area contributed by atoms with E-state index >= 15 is 0 Å². The zero-order chi connectivity index (χ0) is 7.82. The van der Waals surface area contributed by atoms with Crippen molar-refractivity contribution < 1.29 is 0 Å². The monoisotopic (exact) mass is 151 g/mol. The number of benzene rings is 1. The summed E-state index contributed by atoms with van der Waals surface area (Å²) in [6.07, 6.45) is 0. The first-order chi connectivity index (χ1) is 4.81. The van der Waals surface area contributed by atoms with E-state index in [0.717, 1.165) is 5.69 Å². The van der Waals surface area contributed by atoms with E-state index in [2.05, 4.69) is 0 Å². The van der Waals surface area contributed by atoms with Gasteiger partial charge in [0.25, 0.3) is 0 Å². The smallest absolute Gasteiger partial charge is 0.0587 e. The minimum absolute atomic E-state index is 0. The van der Waals surface area contributed by atoms with Crippen LogP contribution in [0.25, 0.3) is 0 Å². The van der Waals surface area contributed by atoms with Crippen LogP contribution >= 0.6 is 0 Å². The third kappa shape index (κ3) is 8.47. The lowest BCUT2D eigenvalue weighted by atomic mass is 10.3. The van der Waals surface area contributed by atoms with Gasteiger partial charge in [-0.1, -0.05) is 18.2 Å². The summed E-state index contributed by atoms with van der Waals surface area (Å²) < 4.78 is 0. The Kier molecular flexibility index (Phi) is 9.37. The number of nitrogens with zero attached hydrogens (tertiary/aromatic N) is 1. The molecule has 0 saturated carbocycles. The largest absolute Gasteiger partial charge is 0.399 e. The molecule has 0 spiro atoms. The Morgan fingerprint density at radius 2 is 1.64 bits per heavy atom. The van der Waals surface area contributed by atoms with Crippen LogP contribution in [0, 0.1) is 11.3 Å². The fraction of sp³-hybridized carbons (Fsp3) is 0.125. The molecule has 0 bridgehead atoms. The molecule has 0 amide bonds. The number of nitrogen functional groups attached to an aromatic ring is 1. The van der Waals surface area contributed by atoms with Crippen molar-refractivity contribution in [1.29, 1.82) is 5.26 Å². The first kappa shape index (κ1) is 12.2. The molecule has 0 aliphatic heterocycles. The van der Waals surface area contributed by atoms with Gasteiger partial charge >= 0.3 is 0 Å². The lowest BCUT2D eigenvalue weighted by Gasteiger charge is -1.83. The van der Waals surface area contributed by atoms with Crippen molar-refractivity contribution in [3.8, 4) is 6.07 Å². The summed E-state index contributed by atoms with van der Waals surface area (Å²) in [7, 11) is 0. The number of nitrogens with two attached hydrogens (primary N) is 1. The molecule has 0 radical (unpaired) electrons. The lowest BCUT2D eigenvalue weighted by molar-refractivity contribution is 1.49. The van der Waals surface area contributed by atoms with Crippen molar-refractivity contribution in [2.24, 2.45) is 0 Å². The van der Waals surface area contributed by atoms with E-state index < -0.39 is 0 Å². The topological polar surface area (TPSA) is 84.8 Å². The van der Waals surface area contributed by atoms with Gasteiger partial charge in [0.1, 0.15) is 0 Å². The summed E-state index contributed by atoms with van der Waals surface area (Å²) in [6.45, 7) is 1.43. The van der Waals surface area contributed by atoms with Gasteiger partial charge < -0.3 is 11.9 Å².